The number of ether oxygens (including phenoxy) is 1. The number of rotatable bonds is 8. The zero-order valence-electron chi connectivity index (χ0n) is 17.5. The van der Waals surface area contributed by atoms with Crippen molar-refractivity contribution in [3.8, 4) is 0 Å². The Morgan fingerprint density at radius 1 is 0.903 bits per heavy atom. The van der Waals surface area contributed by atoms with Crippen molar-refractivity contribution in [3.63, 3.8) is 0 Å². The topological polar surface area (TPSA) is 61.8 Å². The van der Waals surface area contributed by atoms with Crippen molar-refractivity contribution in [2.45, 2.75) is 24.7 Å². The molecule has 0 saturated carbocycles. The molecule has 4 rings (SSSR count). The van der Waals surface area contributed by atoms with Crippen molar-refractivity contribution in [2.24, 2.45) is 0 Å². The molecule has 3 aromatic rings. The first-order chi connectivity index (χ1) is 15.1. The van der Waals surface area contributed by atoms with Crippen LogP contribution in [0.2, 0.25) is 0 Å². The van der Waals surface area contributed by atoms with Crippen molar-refractivity contribution in [1.29, 1.82) is 0 Å². The highest BCUT2D eigenvalue weighted by Crippen LogP contribution is 2.37. The molecule has 1 aliphatic heterocycles. The molecule has 31 heavy (non-hydrogen) atoms. The van der Waals surface area contributed by atoms with Crippen LogP contribution in [0.5, 0.6) is 0 Å². The molecule has 0 unspecified atom stereocenters. The Morgan fingerprint density at radius 3 is 1.97 bits per heavy atom. The first-order valence-corrected chi connectivity index (χ1v) is 10.6. The highest BCUT2D eigenvalue weighted by atomic mass is 16.5. The van der Waals surface area contributed by atoms with E-state index in [1.807, 2.05) is 66.7 Å². The van der Waals surface area contributed by atoms with Gasteiger partial charge in [0.1, 0.15) is 6.61 Å². The first-order valence-electron chi connectivity index (χ1n) is 10.6. The van der Waals surface area contributed by atoms with Gasteiger partial charge in [-0.05, 0) is 23.1 Å². The molecule has 0 radical (unpaired) electrons. The van der Waals surface area contributed by atoms with Crippen LogP contribution in [0.4, 0.5) is 4.79 Å². The number of nitrogens with one attached hydrogen (secondary N) is 1. The first kappa shape index (κ1) is 21.1. The number of hydrogen-bond acceptors (Lipinski definition) is 4. The SMILES string of the molecule is O=C(NCCC1(O)CN(C(c2ccccc2)c2ccccc2)C1)OCc1ccccc1. The van der Waals surface area contributed by atoms with Gasteiger partial charge in [0.2, 0.25) is 0 Å². The highest BCUT2D eigenvalue weighted by Gasteiger charge is 2.44. The Bertz CT molecular complexity index is 918. The predicted molar refractivity (Wildman–Crippen MR) is 120 cm³/mol. The molecule has 0 aromatic heterocycles. The van der Waals surface area contributed by atoms with Crippen molar-refractivity contribution in [3.05, 3.63) is 108 Å². The molecule has 1 aliphatic rings. The minimum Gasteiger partial charge on any atom is -0.445 e. The second-order valence-corrected chi connectivity index (χ2v) is 8.09. The van der Waals surface area contributed by atoms with Crippen LogP contribution in [-0.2, 0) is 11.3 Å². The molecule has 160 valence electrons. The van der Waals surface area contributed by atoms with Gasteiger partial charge >= 0.3 is 6.09 Å². The number of carbonyl (C=O) groups excluding carboxylic acids is 1. The second-order valence-electron chi connectivity index (χ2n) is 8.09. The van der Waals surface area contributed by atoms with Gasteiger partial charge < -0.3 is 15.2 Å². The maximum atomic E-state index is 11.9. The van der Waals surface area contributed by atoms with Gasteiger partial charge in [-0.15, -0.1) is 0 Å². The molecule has 5 nitrogen and oxygen atoms in total. The second kappa shape index (κ2) is 9.77. The molecule has 2 N–H and O–H groups in total. The number of hydrogen-bond donors (Lipinski definition) is 2. The fourth-order valence-electron chi connectivity index (χ4n) is 4.11. The van der Waals surface area contributed by atoms with E-state index in [1.54, 1.807) is 0 Å². The van der Waals surface area contributed by atoms with Gasteiger partial charge in [-0.2, -0.15) is 0 Å². The average molecular weight is 417 g/mol. The van der Waals surface area contributed by atoms with Gasteiger partial charge in [-0.25, -0.2) is 4.79 Å². The lowest BCUT2D eigenvalue weighted by Crippen LogP contribution is -2.63. The highest BCUT2D eigenvalue weighted by molar-refractivity contribution is 5.67. The number of likely N-dealkylation sites (tertiary alicyclic amines) is 1. The van der Waals surface area contributed by atoms with E-state index in [9.17, 15) is 9.90 Å². The van der Waals surface area contributed by atoms with Crippen molar-refractivity contribution in [2.75, 3.05) is 19.6 Å². The van der Waals surface area contributed by atoms with E-state index in [-0.39, 0.29) is 12.6 Å². The van der Waals surface area contributed by atoms with E-state index in [0.717, 1.165) is 5.56 Å². The van der Waals surface area contributed by atoms with Crippen LogP contribution in [0.3, 0.4) is 0 Å². The Balaban J connectivity index is 1.28. The smallest absolute Gasteiger partial charge is 0.407 e. The lowest BCUT2D eigenvalue weighted by molar-refractivity contribution is -0.114. The molecule has 1 amide bonds. The molecule has 0 spiro atoms. The summed E-state index contributed by atoms with van der Waals surface area (Å²) < 4.78 is 5.23. The number of amides is 1. The number of alkyl carbamates (subject to hydrolysis) is 1. The molecule has 0 aliphatic carbocycles. The van der Waals surface area contributed by atoms with Gasteiger partial charge in [-0.1, -0.05) is 91.0 Å². The maximum Gasteiger partial charge on any atom is 0.407 e. The third-order valence-corrected chi connectivity index (χ3v) is 5.66. The van der Waals surface area contributed by atoms with E-state index in [2.05, 4.69) is 34.5 Å². The molecule has 5 heteroatoms. The summed E-state index contributed by atoms with van der Waals surface area (Å²) in [6.45, 7) is 1.73. The van der Waals surface area contributed by atoms with E-state index in [0.29, 0.717) is 26.1 Å². The summed E-state index contributed by atoms with van der Waals surface area (Å²) in [5.41, 5.74) is 2.55. The van der Waals surface area contributed by atoms with Crippen molar-refractivity contribution < 1.29 is 14.6 Å². The maximum absolute atomic E-state index is 11.9. The molecule has 1 saturated heterocycles. The van der Waals surface area contributed by atoms with E-state index in [4.69, 9.17) is 4.74 Å². The Kier molecular flexibility index (Phi) is 6.65. The molecule has 1 heterocycles. The van der Waals surface area contributed by atoms with E-state index < -0.39 is 11.7 Å². The summed E-state index contributed by atoms with van der Waals surface area (Å²) in [5.74, 6) is 0. The van der Waals surface area contributed by atoms with E-state index >= 15 is 0 Å². The Hall–Kier alpha value is -3.15. The van der Waals surface area contributed by atoms with Gasteiger partial charge in [0.25, 0.3) is 0 Å². The fourth-order valence-corrected chi connectivity index (χ4v) is 4.11. The fraction of sp³-hybridized carbons (Fsp3) is 0.269. The molecule has 1 fully saturated rings. The normalized spacial score (nSPS) is 15.3. The van der Waals surface area contributed by atoms with Crippen molar-refractivity contribution >= 4 is 6.09 Å². The van der Waals surface area contributed by atoms with Gasteiger partial charge in [0, 0.05) is 19.6 Å². The van der Waals surface area contributed by atoms with Crippen LogP contribution >= 0.6 is 0 Å². The summed E-state index contributed by atoms with van der Waals surface area (Å²) in [5, 5.41) is 13.7. The summed E-state index contributed by atoms with van der Waals surface area (Å²) in [6.07, 6.45) is 0.0235. The summed E-state index contributed by atoms with van der Waals surface area (Å²) in [7, 11) is 0. The average Bonchev–Trinajstić information content (AvgIpc) is 2.79. The monoisotopic (exact) mass is 416 g/mol. The molecule has 0 atom stereocenters. The number of benzene rings is 3. The molecular weight excluding hydrogens is 388 g/mol. The summed E-state index contributed by atoms with van der Waals surface area (Å²) >= 11 is 0. The third-order valence-electron chi connectivity index (χ3n) is 5.66. The lowest BCUT2D eigenvalue weighted by atomic mass is 9.85. The quantitative estimate of drug-likeness (QED) is 0.579. The zero-order chi connectivity index (χ0) is 21.5. The van der Waals surface area contributed by atoms with Gasteiger partial charge in [0.15, 0.2) is 0 Å². The van der Waals surface area contributed by atoms with Crippen molar-refractivity contribution in [1.82, 2.24) is 10.2 Å². The van der Waals surface area contributed by atoms with E-state index in [1.165, 1.54) is 11.1 Å². The number of β-amino-alcohol motifs (C(OH)–C–C–N with tert-alkyl or cyclic N) is 1. The molecular formula is C26H28N2O3. The Labute approximate surface area is 183 Å². The minimum absolute atomic E-state index is 0.103. The van der Waals surface area contributed by atoms with Gasteiger partial charge in [-0.3, -0.25) is 4.90 Å². The van der Waals surface area contributed by atoms with Crippen LogP contribution < -0.4 is 5.32 Å². The van der Waals surface area contributed by atoms with Crippen LogP contribution in [-0.4, -0.2) is 41.3 Å². The minimum atomic E-state index is -0.811. The number of carbonyl (C=O) groups is 1. The molecule has 3 aromatic carbocycles. The summed E-state index contributed by atoms with van der Waals surface area (Å²) in [6, 6.07) is 30.4. The summed E-state index contributed by atoms with van der Waals surface area (Å²) in [4.78, 5) is 14.2. The van der Waals surface area contributed by atoms with Crippen LogP contribution in [0.25, 0.3) is 0 Å². The third kappa shape index (κ3) is 5.51. The standard InChI is InChI=1S/C26H28N2O3/c29-25(31-18-21-10-4-1-5-11-21)27-17-16-26(30)19-28(20-26)24(22-12-6-2-7-13-22)23-14-8-3-9-15-23/h1-15,24,30H,16-20H2,(H,27,29). The number of nitrogens with zero attached hydrogens (tertiary/aromatic N) is 1. The zero-order valence-corrected chi connectivity index (χ0v) is 17.5. The van der Waals surface area contributed by atoms with Crippen LogP contribution in [0, 0.1) is 0 Å². The number of aliphatic hydroxyl groups is 1. The molecule has 0 bridgehead atoms. The van der Waals surface area contributed by atoms with Gasteiger partial charge in [0.05, 0.1) is 11.6 Å². The lowest BCUT2D eigenvalue weighted by Gasteiger charge is -2.50. The van der Waals surface area contributed by atoms with Crippen LogP contribution in [0.1, 0.15) is 29.2 Å². The van der Waals surface area contributed by atoms with Crippen LogP contribution in [0.15, 0.2) is 91.0 Å². The predicted octanol–water partition coefficient (Wildman–Crippen LogP) is 4.14. The Morgan fingerprint density at radius 2 is 1.42 bits per heavy atom. The largest absolute Gasteiger partial charge is 0.445 e.